The van der Waals surface area contributed by atoms with Gasteiger partial charge >= 0.3 is 0 Å². The number of rotatable bonds is 8. The molecule has 2 heterocycles. The molecule has 0 radical (unpaired) electrons. The number of fused-ring (bicyclic) bond motifs is 1. The van der Waals surface area contributed by atoms with E-state index < -0.39 is 8.07 Å². The van der Waals surface area contributed by atoms with Crippen molar-refractivity contribution in [3.8, 4) is 11.1 Å². The first-order chi connectivity index (χ1) is 15.4. The van der Waals surface area contributed by atoms with Crippen LogP contribution in [0.4, 0.5) is 0 Å². The predicted molar refractivity (Wildman–Crippen MR) is 137 cm³/mol. The Hall–Kier alpha value is -2.73. The number of aromatic nitrogens is 3. The highest BCUT2D eigenvalue weighted by Crippen LogP contribution is 2.31. The summed E-state index contributed by atoms with van der Waals surface area (Å²) >= 11 is 6.43. The van der Waals surface area contributed by atoms with Gasteiger partial charge in [-0.15, -0.1) is 0 Å². The van der Waals surface area contributed by atoms with Crippen LogP contribution in [0.1, 0.15) is 11.3 Å². The monoisotopic (exact) mass is 461 g/mol. The Balaban J connectivity index is 1.69. The second kappa shape index (κ2) is 9.82. The molecule has 2 aromatic heterocycles. The van der Waals surface area contributed by atoms with Gasteiger partial charge in [-0.3, -0.25) is 4.98 Å². The molecular formula is C26H28ClN3OSi. The summed E-state index contributed by atoms with van der Waals surface area (Å²) in [5.74, 6) is 0. The van der Waals surface area contributed by atoms with E-state index in [2.05, 4.69) is 67.1 Å². The van der Waals surface area contributed by atoms with E-state index in [-0.39, 0.29) is 0 Å². The van der Waals surface area contributed by atoms with Crippen LogP contribution in [-0.2, 0) is 11.5 Å². The van der Waals surface area contributed by atoms with Crippen molar-refractivity contribution in [1.82, 2.24) is 14.8 Å². The zero-order valence-electron chi connectivity index (χ0n) is 18.8. The molecule has 0 aliphatic heterocycles. The minimum atomic E-state index is -1.13. The van der Waals surface area contributed by atoms with E-state index in [0.717, 1.165) is 45.9 Å². The van der Waals surface area contributed by atoms with Gasteiger partial charge in [0.1, 0.15) is 6.73 Å². The normalized spacial score (nSPS) is 12.1. The fraction of sp³-hybridized carbons (Fsp3) is 0.231. The summed E-state index contributed by atoms with van der Waals surface area (Å²) < 4.78 is 7.94. The van der Waals surface area contributed by atoms with Crippen LogP contribution in [-0.4, -0.2) is 29.4 Å². The Morgan fingerprint density at radius 2 is 1.84 bits per heavy atom. The quantitative estimate of drug-likeness (QED) is 0.205. The Morgan fingerprint density at radius 3 is 2.59 bits per heavy atom. The average molecular weight is 462 g/mol. The van der Waals surface area contributed by atoms with E-state index in [1.807, 2.05) is 28.9 Å². The Bertz CT molecular complexity index is 1230. The number of nitrogens with zero attached hydrogens (tertiary/aromatic N) is 3. The molecule has 4 nitrogen and oxygen atoms in total. The van der Waals surface area contributed by atoms with Crippen molar-refractivity contribution in [2.75, 3.05) is 6.61 Å². The minimum Gasteiger partial charge on any atom is -0.360 e. The van der Waals surface area contributed by atoms with E-state index in [1.54, 1.807) is 12.4 Å². The molecule has 6 heteroatoms. The second-order valence-corrected chi connectivity index (χ2v) is 15.1. The van der Waals surface area contributed by atoms with Gasteiger partial charge in [0.2, 0.25) is 0 Å². The molecule has 4 aromatic rings. The van der Waals surface area contributed by atoms with Crippen LogP contribution in [0.2, 0.25) is 30.7 Å². The van der Waals surface area contributed by atoms with Crippen molar-refractivity contribution in [2.45, 2.75) is 32.4 Å². The van der Waals surface area contributed by atoms with E-state index in [1.165, 1.54) is 0 Å². The van der Waals surface area contributed by atoms with Crippen LogP contribution in [0.15, 0.2) is 67.0 Å². The van der Waals surface area contributed by atoms with Gasteiger partial charge in [-0.25, -0.2) is 4.68 Å². The molecule has 0 fully saturated rings. The molecule has 0 saturated carbocycles. The third kappa shape index (κ3) is 5.54. The number of benzene rings is 2. The molecule has 2 aromatic carbocycles. The van der Waals surface area contributed by atoms with E-state index in [0.29, 0.717) is 11.8 Å². The van der Waals surface area contributed by atoms with Gasteiger partial charge in [-0.1, -0.05) is 73.7 Å². The van der Waals surface area contributed by atoms with Crippen molar-refractivity contribution in [3.05, 3.63) is 83.3 Å². The molecule has 0 unspecified atom stereocenters. The first-order valence-electron chi connectivity index (χ1n) is 10.8. The Morgan fingerprint density at radius 1 is 1.03 bits per heavy atom. The summed E-state index contributed by atoms with van der Waals surface area (Å²) in [5, 5.41) is 6.61. The van der Waals surface area contributed by atoms with Crippen LogP contribution in [0.3, 0.4) is 0 Å². The smallest absolute Gasteiger partial charge is 0.140 e. The fourth-order valence-corrected chi connectivity index (χ4v) is 4.42. The molecule has 0 aliphatic rings. The first-order valence-corrected chi connectivity index (χ1v) is 14.9. The number of hydrogen-bond acceptors (Lipinski definition) is 3. The number of hydrogen-bond donors (Lipinski definition) is 0. The molecule has 4 rings (SSSR count). The van der Waals surface area contributed by atoms with Crippen molar-refractivity contribution in [1.29, 1.82) is 0 Å². The molecule has 32 heavy (non-hydrogen) atoms. The van der Waals surface area contributed by atoms with Crippen LogP contribution in [0, 0.1) is 0 Å². The van der Waals surface area contributed by atoms with Gasteiger partial charge in [-0.2, -0.15) is 5.10 Å². The maximum atomic E-state index is 6.43. The van der Waals surface area contributed by atoms with Crippen molar-refractivity contribution in [2.24, 2.45) is 0 Å². The van der Waals surface area contributed by atoms with Crippen molar-refractivity contribution < 1.29 is 4.74 Å². The van der Waals surface area contributed by atoms with E-state index in [9.17, 15) is 0 Å². The van der Waals surface area contributed by atoms with Crippen molar-refractivity contribution >= 4 is 42.7 Å². The summed E-state index contributed by atoms with van der Waals surface area (Å²) in [6.07, 6.45) is 7.65. The molecular weight excluding hydrogens is 434 g/mol. The third-order valence-corrected chi connectivity index (χ3v) is 7.33. The highest BCUT2D eigenvalue weighted by Gasteiger charge is 2.14. The molecule has 0 spiro atoms. The van der Waals surface area contributed by atoms with Crippen LogP contribution >= 0.6 is 11.6 Å². The van der Waals surface area contributed by atoms with Gasteiger partial charge in [0.25, 0.3) is 0 Å². The summed E-state index contributed by atoms with van der Waals surface area (Å²) in [7, 11) is -1.13. The van der Waals surface area contributed by atoms with Crippen LogP contribution < -0.4 is 0 Å². The average Bonchev–Trinajstić information content (AvgIpc) is 3.12. The summed E-state index contributed by atoms with van der Waals surface area (Å²) in [6.45, 7) is 8.27. The number of halogens is 1. The maximum absolute atomic E-state index is 6.43. The van der Waals surface area contributed by atoms with E-state index >= 15 is 0 Å². The summed E-state index contributed by atoms with van der Waals surface area (Å²) in [6, 6.07) is 19.5. The molecule has 0 aliphatic carbocycles. The largest absolute Gasteiger partial charge is 0.360 e. The lowest BCUT2D eigenvalue weighted by Crippen LogP contribution is -2.22. The highest BCUT2D eigenvalue weighted by atomic mass is 35.5. The zero-order valence-corrected chi connectivity index (χ0v) is 20.5. The lowest BCUT2D eigenvalue weighted by atomic mass is 10.0. The van der Waals surface area contributed by atoms with Crippen LogP contribution in [0.5, 0.6) is 0 Å². The van der Waals surface area contributed by atoms with Gasteiger partial charge in [-0.05, 0) is 41.4 Å². The van der Waals surface area contributed by atoms with Crippen molar-refractivity contribution in [3.63, 3.8) is 0 Å². The number of ether oxygens (including phenoxy) is 1. The number of pyridine rings is 1. The minimum absolute atomic E-state index is 0.438. The standard InChI is InChI=1S/C26H28ClN3OSi/c1-32(2,3)16-15-31-19-30-26-12-10-21(23-18-28-14-13-24(23)27)17-22(26)25(29-30)11-9-20-7-5-4-6-8-20/h4-14,17-18H,15-16,19H2,1-3H3. The molecule has 0 N–H and O–H groups in total. The Labute approximate surface area is 195 Å². The first kappa shape index (κ1) is 22.5. The maximum Gasteiger partial charge on any atom is 0.140 e. The van der Waals surface area contributed by atoms with Gasteiger partial charge in [0.05, 0.1) is 16.2 Å². The predicted octanol–water partition coefficient (Wildman–Crippen LogP) is 7.23. The van der Waals surface area contributed by atoms with E-state index in [4.69, 9.17) is 21.4 Å². The summed E-state index contributed by atoms with van der Waals surface area (Å²) in [5.41, 5.74) is 5.00. The second-order valence-electron chi connectivity index (χ2n) is 9.06. The molecule has 0 bridgehead atoms. The topological polar surface area (TPSA) is 39.9 Å². The Kier molecular flexibility index (Phi) is 6.89. The summed E-state index contributed by atoms with van der Waals surface area (Å²) in [4.78, 5) is 4.24. The van der Waals surface area contributed by atoms with Crippen LogP contribution in [0.25, 0.3) is 34.2 Å². The SMILES string of the molecule is C[Si](C)(C)CCOCn1nc(C=Cc2ccccc2)c2cc(-c3cnccc3Cl)ccc21. The fourth-order valence-electron chi connectivity index (χ4n) is 3.45. The molecule has 0 saturated heterocycles. The van der Waals surface area contributed by atoms with Gasteiger partial charge in [0.15, 0.2) is 0 Å². The zero-order chi connectivity index (χ0) is 22.6. The lowest BCUT2D eigenvalue weighted by molar-refractivity contribution is 0.0816. The lowest BCUT2D eigenvalue weighted by Gasteiger charge is -2.15. The third-order valence-electron chi connectivity index (χ3n) is 5.30. The molecule has 0 atom stereocenters. The van der Waals surface area contributed by atoms with Gasteiger partial charge < -0.3 is 4.74 Å². The molecule has 0 amide bonds. The highest BCUT2D eigenvalue weighted by molar-refractivity contribution is 6.76. The van der Waals surface area contributed by atoms with Gasteiger partial charge in [0, 0.05) is 38.0 Å². The molecule has 164 valence electrons.